The summed E-state index contributed by atoms with van der Waals surface area (Å²) in [4.78, 5) is 24.1. The van der Waals surface area contributed by atoms with Crippen LogP contribution in [0.15, 0.2) is 29.7 Å². The largest absolute Gasteiger partial charge is 0.462 e. The van der Waals surface area contributed by atoms with Gasteiger partial charge in [0.25, 0.3) is 5.56 Å². The van der Waals surface area contributed by atoms with Crippen LogP contribution in [-0.4, -0.2) is 22.1 Å². The molecule has 5 nitrogen and oxygen atoms in total. The van der Waals surface area contributed by atoms with Gasteiger partial charge in [0.1, 0.15) is 0 Å². The number of rotatable bonds is 5. The number of H-pyrrole nitrogens is 1. The van der Waals surface area contributed by atoms with Gasteiger partial charge in [0, 0.05) is 24.9 Å². The van der Waals surface area contributed by atoms with Gasteiger partial charge in [-0.05, 0) is 18.6 Å². The standard InChI is InChI=1S/C10H12N2O3S/c1-2-9(14)15-7-3-5-12-6-4-8(13)11-10(12)16/h2,4,6H,1,3,5,7H2,(H,11,13,16). The predicted molar refractivity (Wildman–Crippen MR) is 61.7 cm³/mol. The van der Waals surface area contributed by atoms with Crippen molar-refractivity contribution in [3.05, 3.63) is 40.0 Å². The van der Waals surface area contributed by atoms with Gasteiger partial charge in [-0.25, -0.2) is 4.79 Å². The fourth-order valence-corrected chi connectivity index (χ4v) is 1.34. The molecule has 0 bridgehead atoms. The van der Waals surface area contributed by atoms with Crippen molar-refractivity contribution in [2.75, 3.05) is 6.61 Å². The van der Waals surface area contributed by atoms with Crippen molar-refractivity contribution in [3.8, 4) is 0 Å². The number of nitrogens with zero attached hydrogens (tertiary/aromatic N) is 1. The third kappa shape index (κ3) is 3.82. The maximum absolute atomic E-state index is 10.9. The van der Waals surface area contributed by atoms with E-state index in [1.165, 1.54) is 6.07 Å². The molecular formula is C10H12N2O3S. The SMILES string of the molecule is C=CC(=O)OCCCn1ccc(=O)[nH]c1=S. The molecule has 0 radical (unpaired) electrons. The summed E-state index contributed by atoms with van der Waals surface area (Å²) in [5.74, 6) is -0.440. The van der Waals surface area contributed by atoms with Crippen LogP contribution < -0.4 is 5.56 Å². The van der Waals surface area contributed by atoms with Gasteiger partial charge >= 0.3 is 5.97 Å². The van der Waals surface area contributed by atoms with E-state index < -0.39 is 5.97 Å². The molecule has 1 aromatic rings. The van der Waals surface area contributed by atoms with E-state index in [4.69, 9.17) is 17.0 Å². The van der Waals surface area contributed by atoms with Gasteiger partial charge < -0.3 is 9.30 Å². The van der Waals surface area contributed by atoms with Crippen LogP contribution in [0.1, 0.15) is 6.42 Å². The van der Waals surface area contributed by atoms with E-state index in [0.717, 1.165) is 6.08 Å². The molecule has 0 aliphatic rings. The molecule has 86 valence electrons. The van der Waals surface area contributed by atoms with Crippen LogP contribution in [0.25, 0.3) is 0 Å². The van der Waals surface area contributed by atoms with E-state index in [-0.39, 0.29) is 5.56 Å². The summed E-state index contributed by atoms with van der Waals surface area (Å²) in [6.07, 6.45) is 3.35. The quantitative estimate of drug-likeness (QED) is 0.361. The number of carbonyl (C=O) groups is 1. The molecule has 1 aromatic heterocycles. The molecule has 0 aliphatic carbocycles. The van der Waals surface area contributed by atoms with E-state index in [0.29, 0.717) is 24.3 Å². The summed E-state index contributed by atoms with van der Waals surface area (Å²) in [6, 6.07) is 1.39. The number of esters is 1. The summed E-state index contributed by atoms with van der Waals surface area (Å²) < 4.78 is 6.87. The Morgan fingerprint density at radius 2 is 2.44 bits per heavy atom. The molecule has 0 saturated heterocycles. The van der Waals surface area contributed by atoms with E-state index in [9.17, 15) is 9.59 Å². The van der Waals surface area contributed by atoms with Crippen LogP contribution in [0.3, 0.4) is 0 Å². The molecule has 0 amide bonds. The number of hydrogen-bond acceptors (Lipinski definition) is 4. The van der Waals surface area contributed by atoms with Crippen molar-refractivity contribution in [1.82, 2.24) is 9.55 Å². The van der Waals surface area contributed by atoms with Gasteiger partial charge in [0.2, 0.25) is 0 Å². The Kier molecular flexibility index (Phi) is 4.65. The van der Waals surface area contributed by atoms with Crippen molar-refractivity contribution in [2.24, 2.45) is 0 Å². The lowest BCUT2D eigenvalue weighted by atomic mass is 10.4. The second kappa shape index (κ2) is 6.02. The Labute approximate surface area is 97.4 Å². The van der Waals surface area contributed by atoms with Crippen LogP contribution in [-0.2, 0) is 16.1 Å². The second-order valence-electron chi connectivity index (χ2n) is 3.03. The van der Waals surface area contributed by atoms with Crippen molar-refractivity contribution in [1.29, 1.82) is 0 Å². The molecule has 1 N–H and O–H groups in total. The minimum Gasteiger partial charge on any atom is -0.462 e. The third-order valence-electron chi connectivity index (χ3n) is 1.85. The molecule has 0 saturated carbocycles. The maximum atomic E-state index is 10.9. The van der Waals surface area contributed by atoms with Crippen molar-refractivity contribution < 1.29 is 9.53 Å². The average molecular weight is 240 g/mol. The Morgan fingerprint density at radius 1 is 1.69 bits per heavy atom. The zero-order valence-corrected chi connectivity index (χ0v) is 9.46. The van der Waals surface area contributed by atoms with Gasteiger partial charge in [-0.1, -0.05) is 6.58 Å². The van der Waals surface area contributed by atoms with Crippen molar-refractivity contribution in [3.63, 3.8) is 0 Å². The lowest BCUT2D eigenvalue weighted by Gasteiger charge is -2.05. The zero-order chi connectivity index (χ0) is 12.0. The molecule has 16 heavy (non-hydrogen) atoms. The normalized spacial score (nSPS) is 9.75. The zero-order valence-electron chi connectivity index (χ0n) is 8.64. The number of aryl methyl sites for hydroxylation is 1. The maximum Gasteiger partial charge on any atom is 0.330 e. The van der Waals surface area contributed by atoms with Crippen LogP contribution in [0.4, 0.5) is 0 Å². The van der Waals surface area contributed by atoms with Gasteiger partial charge in [0.05, 0.1) is 6.61 Å². The molecule has 0 spiro atoms. The molecule has 0 fully saturated rings. The first-order chi connectivity index (χ1) is 7.63. The first-order valence-corrected chi connectivity index (χ1v) is 5.13. The average Bonchev–Trinajstić information content (AvgIpc) is 2.26. The van der Waals surface area contributed by atoms with E-state index in [2.05, 4.69) is 11.6 Å². The van der Waals surface area contributed by atoms with Gasteiger partial charge in [-0.15, -0.1) is 0 Å². The fourth-order valence-electron chi connectivity index (χ4n) is 1.09. The minimum atomic E-state index is -0.440. The highest BCUT2D eigenvalue weighted by Crippen LogP contribution is 1.92. The molecule has 0 atom stereocenters. The third-order valence-corrected chi connectivity index (χ3v) is 2.19. The number of ether oxygens (including phenoxy) is 1. The van der Waals surface area contributed by atoms with Crippen LogP contribution in [0.2, 0.25) is 0 Å². The molecule has 0 aliphatic heterocycles. The summed E-state index contributed by atoms with van der Waals surface area (Å²) >= 11 is 4.95. The highest BCUT2D eigenvalue weighted by Gasteiger charge is 1.96. The highest BCUT2D eigenvalue weighted by atomic mass is 32.1. The molecule has 6 heteroatoms. The highest BCUT2D eigenvalue weighted by molar-refractivity contribution is 7.71. The molecular weight excluding hydrogens is 228 g/mol. The monoisotopic (exact) mass is 240 g/mol. The number of carbonyl (C=O) groups excluding carboxylic acids is 1. The predicted octanol–water partition coefficient (Wildman–Crippen LogP) is 1.03. The Hall–Kier alpha value is -1.69. The first-order valence-electron chi connectivity index (χ1n) is 4.72. The Bertz CT molecular complexity index is 489. The number of aromatic nitrogens is 2. The van der Waals surface area contributed by atoms with Gasteiger partial charge in [0.15, 0.2) is 4.77 Å². The van der Waals surface area contributed by atoms with E-state index >= 15 is 0 Å². The molecule has 1 rings (SSSR count). The summed E-state index contributed by atoms with van der Waals surface area (Å²) in [5.41, 5.74) is -0.223. The van der Waals surface area contributed by atoms with Crippen molar-refractivity contribution >= 4 is 18.2 Å². The fraction of sp³-hybridized carbons (Fsp3) is 0.300. The number of aromatic amines is 1. The second-order valence-corrected chi connectivity index (χ2v) is 3.42. The number of hydrogen-bond donors (Lipinski definition) is 1. The van der Waals surface area contributed by atoms with E-state index in [1.54, 1.807) is 10.8 Å². The summed E-state index contributed by atoms with van der Waals surface area (Å²) in [6.45, 7) is 4.17. The Morgan fingerprint density at radius 3 is 3.06 bits per heavy atom. The summed E-state index contributed by atoms with van der Waals surface area (Å²) in [5, 5.41) is 0. The van der Waals surface area contributed by atoms with Gasteiger partial charge in [-0.2, -0.15) is 0 Å². The molecule has 0 aromatic carbocycles. The molecule has 0 unspecified atom stereocenters. The lowest BCUT2D eigenvalue weighted by Crippen LogP contribution is -2.12. The smallest absolute Gasteiger partial charge is 0.330 e. The van der Waals surface area contributed by atoms with Crippen molar-refractivity contribution in [2.45, 2.75) is 13.0 Å². The number of nitrogens with one attached hydrogen (secondary N) is 1. The molecule has 1 heterocycles. The lowest BCUT2D eigenvalue weighted by molar-refractivity contribution is -0.137. The first kappa shape index (κ1) is 12.4. The van der Waals surface area contributed by atoms with Crippen LogP contribution in [0, 0.1) is 4.77 Å². The van der Waals surface area contributed by atoms with Crippen LogP contribution >= 0.6 is 12.2 Å². The minimum absolute atomic E-state index is 0.223. The van der Waals surface area contributed by atoms with Crippen LogP contribution in [0.5, 0.6) is 0 Å². The Balaban J connectivity index is 2.43. The van der Waals surface area contributed by atoms with E-state index in [1.807, 2.05) is 0 Å². The van der Waals surface area contributed by atoms with Gasteiger partial charge in [-0.3, -0.25) is 9.78 Å². The summed E-state index contributed by atoms with van der Waals surface area (Å²) in [7, 11) is 0. The topological polar surface area (TPSA) is 64.1 Å².